The average Bonchev–Trinajstić information content (AvgIpc) is 2.70. The Labute approximate surface area is 173 Å². The van der Waals surface area contributed by atoms with Gasteiger partial charge in [-0.05, 0) is 25.7 Å². The lowest BCUT2D eigenvalue weighted by Crippen LogP contribution is -2.33. The van der Waals surface area contributed by atoms with Crippen molar-refractivity contribution < 1.29 is 14.3 Å². The maximum Gasteiger partial charge on any atom is 0.322 e. The lowest BCUT2D eigenvalue weighted by atomic mass is 9.99. The molecule has 5 heteroatoms. The molecule has 0 fully saturated rings. The maximum atomic E-state index is 12.1. The number of carbonyl (C=O) groups is 2. The normalized spacial score (nSPS) is 13.3. The molecule has 0 aliphatic carbocycles. The third-order valence-corrected chi connectivity index (χ3v) is 5.47. The molecule has 0 aromatic rings. The summed E-state index contributed by atoms with van der Waals surface area (Å²) in [6.45, 7) is 2.26. The predicted octanol–water partition coefficient (Wildman–Crippen LogP) is 5.03. The first-order chi connectivity index (χ1) is 13.5. The average molecular weight is 399 g/mol. The number of hydrogen-bond donors (Lipinski definition) is 2. The number of ether oxygens (including phenoxy) is 1. The molecule has 0 amide bonds. The monoisotopic (exact) mass is 398 g/mol. The molecule has 4 N–H and O–H groups in total. The van der Waals surface area contributed by atoms with Crippen LogP contribution in [-0.2, 0) is 14.3 Å². The van der Waals surface area contributed by atoms with E-state index in [1.54, 1.807) is 0 Å². The Balaban J connectivity index is 3.43. The van der Waals surface area contributed by atoms with Gasteiger partial charge in [0.25, 0.3) is 0 Å². The van der Waals surface area contributed by atoms with E-state index in [4.69, 9.17) is 11.5 Å². The smallest absolute Gasteiger partial charge is 0.322 e. The van der Waals surface area contributed by atoms with Crippen LogP contribution < -0.4 is 11.5 Å². The van der Waals surface area contributed by atoms with Gasteiger partial charge < -0.3 is 16.2 Å². The van der Waals surface area contributed by atoms with Gasteiger partial charge in [-0.15, -0.1) is 0 Å². The zero-order valence-corrected chi connectivity index (χ0v) is 18.6. The van der Waals surface area contributed by atoms with Gasteiger partial charge in [0, 0.05) is 6.42 Å². The van der Waals surface area contributed by atoms with Crippen LogP contribution in [0.2, 0.25) is 0 Å². The molecule has 0 spiro atoms. The number of nitrogens with two attached hydrogens (primary N) is 2. The Hall–Kier alpha value is -0.940. The summed E-state index contributed by atoms with van der Waals surface area (Å²) in [6.07, 6.45) is 19.2. The highest BCUT2D eigenvalue weighted by Gasteiger charge is 2.16. The minimum Gasteiger partial charge on any atom is -0.468 e. The van der Waals surface area contributed by atoms with Gasteiger partial charge >= 0.3 is 5.97 Å². The Bertz CT molecular complexity index is 388. The second-order valence-electron chi connectivity index (χ2n) is 8.13. The Kier molecular flexibility index (Phi) is 18.7. The highest BCUT2D eigenvalue weighted by Crippen LogP contribution is 2.13. The highest BCUT2D eigenvalue weighted by molar-refractivity contribution is 5.83. The molecule has 0 saturated heterocycles. The number of rotatable bonds is 20. The van der Waals surface area contributed by atoms with Gasteiger partial charge in [-0.1, -0.05) is 84.0 Å². The predicted molar refractivity (Wildman–Crippen MR) is 117 cm³/mol. The highest BCUT2D eigenvalue weighted by atomic mass is 16.5. The van der Waals surface area contributed by atoms with E-state index in [-0.39, 0.29) is 5.78 Å². The molecule has 0 aromatic carbocycles. The first kappa shape index (κ1) is 27.1. The molecule has 2 atom stereocenters. The number of hydrogen-bond acceptors (Lipinski definition) is 5. The van der Waals surface area contributed by atoms with Crippen LogP contribution in [0.3, 0.4) is 0 Å². The van der Waals surface area contributed by atoms with E-state index >= 15 is 0 Å². The van der Waals surface area contributed by atoms with E-state index < -0.39 is 18.1 Å². The number of esters is 1. The zero-order chi connectivity index (χ0) is 21.0. The molecule has 0 saturated carbocycles. The standard InChI is InChI=1S/C23H46N2O3/c1-3-4-5-6-7-8-9-10-11-12-13-14-15-19-22(26)20(24)17-16-18-21(25)23(27)28-2/h20-21H,3-19,24-25H2,1-2H3/t20?,21-/m0/s1. The molecule has 28 heavy (non-hydrogen) atoms. The van der Waals surface area contributed by atoms with E-state index in [0.29, 0.717) is 25.7 Å². The number of unbranched alkanes of at least 4 members (excludes halogenated alkanes) is 12. The fraction of sp³-hybridized carbons (Fsp3) is 0.913. The van der Waals surface area contributed by atoms with Crippen LogP contribution >= 0.6 is 0 Å². The summed E-state index contributed by atoms with van der Waals surface area (Å²) < 4.78 is 4.59. The van der Waals surface area contributed by atoms with Gasteiger partial charge in [-0.3, -0.25) is 9.59 Å². The summed E-state index contributed by atoms with van der Waals surface area (Å²) in [5, 5.41) is 0. The van der Waals surface area contributed by atoms with Crippen molar-refractivity contribution in [1.82, 2.24) is 0 Å². The fourth-order valence-electron chi connectivity index (χ4n) is 3.49. The van der Waals surface area contributed by atoms with Crippen molar-refractivity contribution in [3.8, 4) is 0 Å². The molecule has 0 rings (SSSR count). The van der Waals surface area contributed by atoms with Crippen LogP contribution in [0.25, 0.3) is 0 Å². The van der Waals surface area contributed by atoms with Crippen molar-refractivity contribution in [2.24, 2.45) is 11.5 Å². The number of ketones is 1. The summed E-state index contributed by atoms with van der Waals surface area (Å²) in [7, 11) is 1.33. The van der Waals surface area contributed by atoms with Gasteiger partial charge in [-0.2, -0.15) is 0 Å². The van der Waals surface area contributed by atoms with Crippen LogP contribution in [0.15, 0.2) is 0 Å². The first-order valence-electron chi connectivity index (χ1n) is 11.6. The Morgan fingerprint density at radius 3 is 1.57 bits per heavy atom. The Morgan fingerprint density at radius 2 is 1.11 bits per heavy atom. The first-order valence-corrected chi connectivity index (χ1v) is 11.6. The van der Waals surface area contributed by atoms with Gasteiger partial charge in [0.2, 0.25) is 0 Å². The van der Waals surface area contributed by atoms with Crippen molar-refractivity contribution in [2.75, 3.05) is 7.11 Å². The second kappa shape index (κ2) is 19.4. The van der Waals surface area contributed by atoms with Crippen LogP contribution in [0.1, 0.15) is 116 Å². The van der Waals surface area contributed by atoms with Gasteiger partial charge in [0.05, 0.1) is 13.2 Å². The second-order valence-corrected chi connectivity index (χ2v) is 8.13. The largest absolute Gasteiger partial charge is 0.468 e. The molecule has 0 bridgehead atoms. The van der Waals surface area contributed by atoms with E-state index in [0.717, 1.165) is 12.8 Å². The molecule has 0 heterocycles. The lowest BCUT2D eigenvalue weighted by molar-refractivity contribution is -0.142. The minimum absolute atomic E-state index is 0.134. The van der Waals surface area contributed by atoms with Crippen LogP contribution in [0.5, 0.6) is 0 Å². The van der Waals surface area contributed by atoms with E-state index in [9.17, 15) is 9.59 Å². The molecule has 0 aliphatic rings. The van der Waals surface area contributed by atoms with E-state index in [1.165, 1.54) is 77.7 Å². The minimum atomic E-state index is -0.617. The number of Topliss-reactive ketones (excluding diaryl/α,β-unsaturated/α-hetero) is 1. The summed E-state index contributed by atoms with van der Waals surface area (Å²) in [6, 6.07) is -1.05. The molecular weight excluding hydrogens is 352 g/mol. The number of carbonyl (C=O) groups excluding carboxylic acids is 2. The maximum absolute atomic E-state index is 12.1. The van der Waals surface area contributed by atoms with Gasteiger partial charge in [-0.25, -0.2) is 0 Å². The third-order valence-electron chi connectivity index (χ3n) is 5.47. The van der Waals surface area contributed by atoms with Crippen molar-refractivity contribution in [2.45, 2.75) is 128 Å². The SMILES string of the molecule is CCCCCCCCCCCCCCCC(=O)C(N)CCC[C@H](N)C(=O)OC. The van der Waals surface area contributed by atoms with E-state index in [2.05, 4.69) is 11.7 Å². The van der Waals surface area contributed by atoms with Crippen LogP contribution in [-0.4, -0.2) is 30.9 Å². The molecular formula is C23H46N2O3. The molecule has 0 aliphatic heterocycles. The van der Waals surface area contributed by atoms with Gasteiger partial charge in [0.1, 0.15) is 11.8 Å². The fourth-order valence-corrected chi connectivity index (χ4v) is 3.49. The number of methoxy groups -OCH3 is 1. The topological polar surface area (TPSA) is 95.4 Å². The third kappa shape index (κ3) is 16.1. The molecule has 5 nitrogen and oxygen atoms in total. The van der Waals surface area contributed by atoms with Crippen molar-refractivity contribution in [3.05, 3.63) is 0 Å². The van der Waals surface area contributed by atoms with Crippen LogP contribution in [0.4, 0.5) is 0 Å². The van der Waals surface area contributed by atoms with E-state index in [1.807, 2.05) is 0 Å². The molecule has 0 aromatic heterocycles. The quantitative estimate of drug-likeness (QED) is 0.221. The zero-order valence-electron chi connectivity index (χ0n) is 18.6. The summed E-state index contributed by atoms with van der Waals surface area (Å²) in [5.74, 6) is -0.276. The van der Waals surface area contributed by atoms with Crippen LogP contribution in [0, 0.1) is 0 Å². The van der Waals surface area contributed by atoms with Crippen molar-refractivity contribution >= 4 is 11.8 Å². The molecule has 1 unspecified atom stereocenters. The summed E-state index contributed by atoms with van der Waals surface area (Å²) >= 11 is 0. The Morgan fingerprint density at radius 1 is 0.679 bits per heavy atom. The lowest BCUT2D eigenvalue weighted by Gasteiger charge is -2.12. The summed E-state index contributed by atoms with van der Waals surface area (Å²) in [4.78, 5) is 23.3. The molecule has 166 valence electrons. The van der Waals surface area contributed by atoms with Crippen molar-refractivity contribution in [3.63, 3.8) is 0 Å². The van der Waals surface area contributed by atoms with Gasteiger partial charge in [0.15, 0.2) is 0 Å². The molecule has 0 radical (unpaired) electrons. The van der Waals surface area contributed by atoms with Crippen molar-refractivity contribution in [1.29, 1.82) is 0 Å². The summed E-state index contributed by atoms with van der Waals surface area (Å²) in [5.41, 5.74) is 11.6.